The van der Waals surface area contributed by atoms with Crippen molar-refractivity contribution >= 4 is 23.4 Å². The molecule has 1 aliphatic rings. The van der Waals surface area contributed by atoms with Gasteiger partial charge in [0.15, 0.2) is 5.16 Å². The summed E-state index contributed by atoms with van der Waals surface area (Å²) in [5.74, 6) is 1.89. The third-order valence-corrected chi connectivity index (χ3v) is 4.36. The van der Waals surface area contributed by atoms with Crippen molar-refractivity contribution in [3.63, 3.8) is 0 Å². The standard InChI is InChI=1S/C16H20N4S/c1-17-14-10-15(19-16(18-14)21-2)20-9-5-8-12-6-3-4-7-13(12)11-20/h3-4,6-7,10H,5,8-9,11H2,1-2H3,(H,17,18,19). The molecule has 2 aromatic rings. The van der Waals surface area contributed by atoms with E-state index in [9.17, 15) is 0 Å². The fourth-order valence-electron chi connectivity index (χ4n) is 2.69. The van der Waals surface area contributed by atoms with Gasteiger partial charge in [0.25, 0.3) is 0 Å². The van der Waals surface area contributed by atoms with Crippen molar-refractivity contribution in [2.75, 3.05) is 30.1 Å². The summed E-state index contributed by atoms with van der Waals surface area (Å²) in [5.41, 5.74) is 2.87. The molecule has 1 aromatic heterocycles. The number of thioether (sulfide) groups is 1. The maximum atomic E-state index is 4.68. The largest absolute Gasteiger partial charge is 0.373 e. The van der Waals surface area contributed by atoms with Gasteiger partial charge >= 0.3 is 0 Å². The number of rotatable bonds is 3. The van der Waals surface area contributed by atoms with Gasteiger partial charge in [-0.1, -0.05) is 36.0 Å². The number of fused-ring (bicyclic) bond motifs is 1. The van der Waals surface area contributed by atoms with Gasteiger partial charge in [0.2, 0.25) is 0 Å². The minimum atomic E-state index is 0.814. The van der Waals surface area contributed by atoms with E-state index in [-0.39, 0.29) is 0 Å². The lowest BCUT2D eigenvalue weighted by atomic mass is 10.0. The van der Waals surface area contributed by atoms with Gasteiger partial charge in [-0.15, -0.1) is 0 Å². The molecule has 1 aromatic carbocycles. The molecule has 4 nitrogen and oxygen atoms in total. The average Bonchev–Trinajstić information content (AvgIpc) is 2.76. The van der Waals surface area contributed by atoms with Crippen molar-refractivity contribution in [2.45, 2.75) is 24.5 Å². The lowest BCUT2D eigenvalue weighted by Crippen LogP contribution is -2.24. The highest BCUT2D eigenvalue weighted by Crippen LogP contribution is 2.25. The summed E-state index contributed by atoms with van der Waals surface area (Å²) in [7, 11) is 1.90. The third-order valence-electron chi connectivity index (χ3n) is 3.81. The molecule has 1 N–H and O–H groups in total. The van der Waals surface area contributed by atoms with Gasteiger partial charge < -0.3 is 10.2 Å². The Bertz CT molecular complexity index is 607. The van der Waals surface area contributed by atoms with Crippen LogP contribution < -0.4 is 10.2 Å². The molecule has 0 amide bonds. The molecule has 2 heterocycles. The monoisotopic (exact) mass is 300 g/mol. The molecule has 0 aliphatic carbocycles. The number of aryl methyl sites for hydroxylation is 1. The number of aromatic nitrogens is 2. The quantitative estimate of drug-likeness (QED) is 0.696. The zero-order valence-electron chi connectivity index (χ0n) is 12.5. The maximum absolute atomic E-state index is 4.68. The van der Waals surface area contributed by atoms with Crippen molar-refractivity contribution in [2.24, 2.45) is 0 Å². The lowest BCUT2D eigenvalue weighted by molar-refractivity contribution is 0.744. The van der Waals surface area contributed by atoms with Crippen molar-refractivity contribution in [3.05, 3.63) is 41.5 Å². The Kier molecular flexibility index (Phi) is 4.29. The van der Waals surface area contributed by atoms with Crippen LogP contribution in [0.1, 0.15) is 17.5 Å². The van der Waals surface area contributed by atoms with Crippen LogP contribution in [0.3, 0.4) is 0 Å². The van der Waals surface area contributed by atoms with Gasteiger partial charge in [0, 0.05) is 26.2 Å². The van der Waals surface area contributed by atoms with Crippen molar-refractivity contribution < 1.29 is 0 Å². The molecule has 0 bridgehead atoms. The van der Waals surface area contributed by atoms with Crippen LogP contribution in [0.2, 0.25) is 0 Å². The highest BCUT2D eigenvalue weighted by molar-refractivity contribution is 7.98. The normalized spacial score (nSPS) is 14.5. The average molecular weight is 300 g/mol. The van der Waals surface area contributed by atoms with E-state index in [1.54, 1.807) is 11.8 Å². The Labute approximate surface area is 130 Å². The van der Waals surface area contributed by atoms with Gasteiger partial charge in [0.05, 0.1) is 0 Å². The second-order valence-corrected chi connectivity index (χ2v) is 5.92. The second kappa shape index (κ2) is 6.35. The molecule has 0 saturated heterocycles. The van der Waals surface area contributed by atoms with Crippen LogP contribution in [0.15, 0.2) is 35.5 Å². The first-order valence-corrected chi connectivity index (χ1v) is 8.45. The van der Waals surface area contributed by atoms with Crippen molar-refractivity contribution in [1.29, 1.82) is 0 Å². The molecular formula is C16H20N4S. The van der Waals surface area contributed by atoms with Crippen LogP contribution in [0.5, 0.6) is 0 Å². The van der Waals surface area contributed by atoms with E-state index >= 15 is 0 Å². The predicted molar refractivity (Wildman–Crippen MR) is 89.2 cm³/mol. The summed E-state index contributed by atoms with van der Waals surface area (Å²) in [6, 6.07) is 10.8. The Balaban J connectivity index is 1.93. The summed E-state index contributed by atoms with van der Waals surface area (Å²) < 4.78 is 0. The number of hydrogen-bond acceptors (Lipinski definition) is 5. The second-order valence-electron chi connectivity index (χ2n) is 5.14. The van der Waals surface area contributed by atoms with E-state index in [4.69, 9.17) is 0 Å². The Hall–Kier alpha value is -1.75. The van der Waals surface area contributed by atoms with Crippen molar-refractivity contribution in [3.8, 4) is 0 Å². The van der Waals surface area contributed by atoms with Gasteiger partial charge in [0.1, 0.15) is 11.6 Å². The lowest BCUT2D eigenvalue weighted by Gasteiger charge is -2.22. The summed E-state index contributed by atoms with van der Waals surface area (Å²) in [6.45, 7) is 1.95. The molecule has 0 unspecified atom stereocenters. The Morgan fingerprint density at radius 1 is 1.19 bits per heavy atom. The molecule has 5 heteroatoms. The maximum Gasteiger partial charge on any atom is 0.191 e. The summed E-state index contributed by atoms with van der Waals surface area (Å²) in [4.78, 5) is 11.5. The molecule has 0 atom stereocenters. The molecule has 0 saturated carbocycles. The zero-order chi connectivity index (χ0) is 14.7. The van der Waals surface area contributed by atoms with Gasteiger partial charge in [-0.25, -0.2) is 9.97 Å². The fraction of sp³-hybridized carbons (Fsp3) is 0.375. The fourth-order valence-corrected chi connectivity index (χ4v) is 3.06. The predicted octanol–water partition coefficient (Wildman–Crippen LogP) is 3.19. The first kappa shape index (κ1) is 14.2. The van der Waals surface area contributed by atoms with E-state index in [2.05, 4.69) is 44.5 Å². The highest BCUT2D eigenvalue weighted by Gasteiger charge is 2.16. The minimum Gasteiger partial charge on any atom is -0.373 e. The summed E-state index contributed by atoms with van der Waals surface area (Å²) in [6.07, 6.45) is 4.31. The molecule has 0 radical (unpaired) electrons. The Morgan fingerprint density at radius 3 is 2.76 bits per heavy atom. The molecule has 1 aliphatic heterocycles. The molecule has 110 valence electrons. The van der Waals surface area contributed by atoms with Crippen molar-refractivity contribution in [1.82, 2.24) is 9.97 Å². The van der Waals surface area contributed by atoms with Crippen LogP contribution >= 0.6 is 11.8 Å². The first-order chi connectivity index (χ1) is 10.3. The zero-order valence-corrected chi connectivity index (χ0v) is 13.3. The highest BCUT2D eigenvalue weighted by atomic mass is 32.2. The summed E-state index contributed by atoms with van der Waals surface area (Å²) >= 11 is 1.58. The van der Waals surface area contributed by atoms with Crippen LogP contribution in [-0.4, -0.2) is 29.8 Å². The number of nitrogens with zero attached hydrogens (tertiary/aromatic N) is 3. The van der Waals surface area contributed by atoms with Crippen LogP contribution in [0.25, 0.3) is 0 Å². The van der Waals surface area contributed by atoms with Gasteiger partial charge in [-0.05, 0) is 30.2 Å². The number of anilines is 2. The summed E-state index contributed by atoms with van der Waals surface area (Å²) in [5, 5.41) is 3.94. The molecule has 0 fully saturated rings. The van der Waals surface area contributed by atoms with E-state index in [0.29, 0.717) is 0 Å². The first-order valence-electron chi connectivity index (χ1n) is 7.22. The van der Waals surface area contributed by atoms with Crippen LogP contribution in [0.4, 0.5) is 11.6 Å². The molecule has 21 heavy (non-hydrogen) atoms. The van der Waals surface area contributed by atoms with E-state index < -0.39 is 0 Å². The number of hydrogen-bond donors (Lipinski definition) is 1. The molecule has 0 spiro atoms. The van der Waals surface area contributed by atoms with E-state index in [0.717, 1.165) is 42.7 Å². The smallest absolute Gasteiger partial charge is 0.191 e. The Morgan fingerprint density at radius 2 is 2.00 bits per heavy atom. The molecular weight excluding hydrogens is 280 g/mol. The SMILES string of the molecule is CNc1cc(N2CCCc3ccccc3C2)nc(SC)n1. The van der Waals surface area contributed by atoms with Crippen LogP contribution in [-0.2, 0) is 13.0 Å². The third kappa shape index (κ3) is 3.13. The van der Waals surface area contributed by atoms with E-state index in [1.807, 2.05) is 19.4 Å². The van der Waals surface area contributed by atoms with E-state index in [1.165, 1.54) is 11.1 Å². The topological polar surface area (TPSA) is 41.0 Å². The minimum absolute atomic E-state index is 0.814. The number of benzene rings is 1. The number of nitrogens with one attached hydrogen (secondary N) is 1. The van der Waals surface area contributed by atoms with Gasteiger partial charge in [-0.3, -0.25) is 0 Å². The van der Waals surface area contributed by atoms with Gasteiger partial charge in [-0.2, -0.15) is 0 Å². The molecule has 3 rings (SSSR count). The van der Waals surface area contributed by atoms with Crippen LogP contribution in [0, 0.1) is 0 Å².